The second-order valence-corrected chi connectivity index (χ2v) is 5.13. The fourth-order valence-electron chi connectivity index (χ4n) is 2.62. The van der Waals surface area contributed by atoms with E-state index in [1.807, 2.05) is 6.33 Å². The van der Waals surface area contributed by atoms with Crippen molar-refractivity contribution in [2.45, 2.75) is 56.5 Å². The van der Waals surface area contributed by atoms with Crippen LogP contribution in [-0.2, 0) is 6.42 Å². The number of nitrogens with two attached hydrogens (primary N) is 1. The van der Waals surface area contributed by atoms with Crippen molar-refractivity contribution in [3.63, 3.8) is 0 Å². The van der Waals surface area contributed by atoms with Gasteiger partial charge in [-0.15, -0.1) is 10.2 Å². The third-order valence-corrected chi connectivity index (χ3v) is 3.70. The van der Waals surface area contributed by atoms with Crippen LogP contribution in [-0.4, -0.2) is 20.3 Å². The van der Waals surface area contributed by atoms with E-state index in [2.05, 4.69) is 14.8 Å². The third-order valence-electron chi connectivity index (χ3n) is 3.70. The molecule has 82 valence electrons. The van der Waals surface area contributed by atoms with Crippen molar-refractivity contribution >= 4 is 0 Å². The Hall–Kier alpha value is -0.900. The van der Waals surface area contributed by atoms with Crippen LogP contribution in [0.4, 0.5) is 0 Å². The lowest BCUT2D eigenvalue weighted by atomic mass is 9.94. The molecular weight excluding hydrogens is 188 g/mol. The summed E-state index contributed by atoms with van der Waals surface area (Å²) in [6.45, 7) is 0. The first-order chi connectivity index (χ1) is 7.27. The highest BCUT2D eigenvalue weighted by atomic mass is 15.3. The molecule has 0 atom stereocenters. The summed E-state index contributed by atoms with van der Waals surface area (Å²) in [6.07, 6.45) is 10.2. The normalized spacial score (nSPS) is 24.6. The van der Waals surface area contributed by atoms with E-state index < -0.39 is 0 Å². The molecule has 2 aliphatic rings. The molecule has 0 radical (unpaired) electrons. The molecule has 2 N–H and O–H groups in total. The number of rotatable bonds is 3. The van der Waals surface area contributed by atoms with Gasteiger partial charge < -0.3 is 10.3 Å². The van der Waals surface area contributed by atoms with Gasteiger partial charge in [0.25, 0.3) is 0 Å². The third kappa shape index (κ3) is 1.78. The summed E-state index contributed by atoms with van der Waals surface area (Å²) in [5.74, 6) is 1.10. The average Bonchev–Trinajstić information content (AvgIpc) is 2.82. The fraction of sp³-hybridized carbons (Fsp3) is 0.818. The first kappa shape index (κ1) is 9.33. The van der Waals surface area contributed by atoms with E-state index in [0.29, 0.717) is 6.04 Å². The van der Waals surface area contributed by atoms with E-state index in [0.717, 1.165) is 25.1 Å². The Kier molecular flexibility index (Phi) is 2.06. The minimum absolute atomic E-state index is 0.000324. The summed E-state index contributed by atoms with van der Waals surface area (Å²) < 4.78 is 2.23. The smallest absolute Gasteiger partial charge is 0.134 e. The molecule has 1 heterocycles. The van der Waals surface area contributed by atoms with Crippen LogP contribution in [0.25, 0.3) is 0 Å². The molecule has 3 rings (SSSR count). The van der Waals surface area contributed by atoms with Crippen LogP contribution in [0.2, 0.25) is 0 Å². The van der Waals surface area contributed by atoms with Gasteiger partial charge in [-0.1, -0.05) is 12.8 Å². The fourth-order valence-corrected chi connectivity index (χ4v) is 2.62. The molecule has 2 fully saturated rings. The van der Waals surface area contributed by atoms with Crippen LogP contribution >= 0.6 is 0 Å². The molecule has 0 spiro atoms. The van der Waals surface area contributed by atoms with Crippen molar-refractivity contribution in [3.05, 3.63) is 12.2 Å². The van der Waals surface area contributed by atoms with Crippen LogP contribution < -0.4 is 5.73 Å². The van der Waals surface area contributed by atoms with E-state index in [1.54, 1.807) is 0 Å². The number of aromatic nitrogens is 3. The quantitative estimate of drug-likeness (QED) is 0.814. The minimum Gasteiger partial charge on any atom is -0.325 e. The van der Waals surface area contributed by atoms with Crippen molar-refractivity contribution in [3.8, 4) is 0 Å². The summed E-state index contributed by atoms with van der Waals surface area (Å²) in [6, 6.07) is 0.667. The Labute approximate surface area is 89.9 Å². The van der Waals surface area contributed by atoms with E-state index in [9.17, 15) is 0 Å². The van der Waals surface area contributed by atoms with Gasteiger partial charge in [0, 0.05) is 18.0 Å². The molecule has 0 aromatic carbocycles. The first-order valence-electron chi connectivity index (χ1n) is 5.94. The van der Waals surface area contributed by atoms with Gasteiger partial charge in [0.05, 0.1) is 0 Å². The van der Waals surface area contributed by atoms with Crippen LogP contribution in [0.1, 0.15) is 50.4 Å². The average molecular weight is 206 g/mol. The van der Waals surface area contributed by atoms with Gasteiger partial charge in [-0.3, -0.25) is 0 Å². The Morgan fingerprint density at radius 3 is 2.80 bits per heavy atom. The van der Waals surface area contributed by atoms with Gasteiger partial charge in [-0.05, 0) is 25.7 Å². The monoisotopic (exact) mass is 206 g/mol. The van der Waals surface area contributed by atoms with Crippen molar-refractivity contribution < 1.29 is 0 Å². The van der Waals surface area contributed by atoms with Crippen LogP contribution in [0.15, 0.2) is 6.33 Å². The van der Waals surface area contributed by atoms with Crippen LogP contribution in [0.3, 0.4) is 0 Å². The largest absolute Gasteiger partial charge is 0.325 e. The van der Waals surface area contributed by atoms with Gasteiger partial charge in [0.1, 0.15) is 12.2 Å². The Morgan fingerprint density at radius 1 is 1.40 bits per heavy atom. The highest BCUT2D eigenvalue weighted by Gasteiger charge is 2.33. The van der Waals surface area contributed by atoms with Gasteiger partial charge >= 0.3 is 0 Å². The zero-order chi connectivity index (χ0) is 10.3. The molecule has 4 nitrogen and oxygen atoms in total. The second-order valence-electron chi connectivity index (χ2n) is 5.13. The molecule has 1 aromatic heterocycles. The zero-order valence-electron chi connectivity index (χ0n) is 9.02. The van der Waals surface area contributed by atoms with Crippen molar-refractivity contribution in [2.24, 2.45) is 5.73 Å². The van der Waals surface area contributed by atoms with E-state index in [4.69, 9.17) is 5.73 Å². The molecule has 0 amide bonds. The molecule has 2 aliphatic carbocycles. The van der Waals surface area contributed by atoms with E-state index in [-0.39, 0.29) is 5.54 Å². The standard InChI is InChI=1S/C11H18N4/c12-11(5-1-2-6-11)7-10-14-13-8-15(10)9-3-4-9/h8-9H,1-7,12H2. The maximum Gasteiger partial charge on any atom is 0.134 e. The summed E-state index contributed by atoms with van der Waals surface area (Å²) >= 11 is 0. The lowest BCUT2D eigenvalue weighted by Gasteiger charge is -2.22. The van der Waals surface area contributed by atoms with Gasteiger partial charge in [0.15, 0.2) is 0 Å². The summed E-state index contributed by atoms with van der Waals surface area (Å²) in [5.41, 5.74) is 6.36. The number of hydrogen-bond donors (Lipinski definition) is 1. The molecule has 0 saturated heterocycles. The molecule has 0 bridgehead atoms. The molecule has 4 heteroatoms. The highest BCUT2D eigenvalue weighted by Crippen LogP contribution is 2.37. The van der Waals surface area contributed by atoms with Gasteiger partial charge in [0.2, 0.25) is 0 Å². The highest BCUT2D eigenvalue weighted by molar-refractivity contribution is 5.03. The zero-order valence-corrected chi connectivity index (χ0v) is 9.02. The van der Waals surface area contributed by atoms with Gasteiger partial charge in [-0.25, -0.2) is 0 Å². The molecule has 0 aliphatic heterocycles. The predicted octanol–water partition coefficient (Wildman–Crippen LogP) is 1.43. The Bertz CT molecular complexity index is 347. The number of hydrogen-bond acceptors (Lipinski definition) is 3. The minimum atomic E-state index is -0.000324. The van der Waals surface area contributed by atoms with Crippen LogP contribution in [0, 0.1) is 0 Å². The number of nitrogens with zero attached hydrogens (tertiary/aromatic N) is 3. The molecular formula is C11H18N4. The maximum absolute atomic E-state index is 6.36. The van der Waals surface area contributed by atoms with Crippen molar-refractivity contribution in [1.29, 1.82) is 0 Å². The Morgan fingerprint density at radius 2 is 2.13 bits per heavy atom. The van der Waals surface area contributed by atoms with E-state index >= 15 is 0 Å². The summed E-state index contributed by atoms with van der Waals surface area (Å²) in [5, 5.41) is 8.23. The molecule has 2 saturated carbocycles. The van der Waals surface area contributed by atoms with Crippen LogP contribution in [0.5, 0.6) is 0 Å². The summed E-state index contributed by atoms with van der Waals surface area (Å²) in [4.78, 5) is 0. The van der Waals surface area contributed by atoms with Gasteiger partial charge in [-0.2, -0.15) is 0 Å². The van der Waals surface area contributed by atoms with Crippen molar-refractivity contribution in [2.75, 3.05) is 0 Å². The first-order valence-corrected chi connectivity index (χ1v) is 5.94. The van der Waals surface area contributed by atoms with Crippen molar-refractivity contribution in [1.82, 2.24) is 14.8 Å². The molecule has 15 heavy (non-hydrogen) atoms. The summed E-state index contributed by atoms with van der Waals surface area (Å²) in [7, 11) is 0. The Balaban J connectivity index is 1.77. The lowest BCUT2D eigenvalue weighted by molar-refractivity contribution is 0.417. The topological polar surface area (TPSA) is 56.7 Å². The maximum atomic E-state index is 6.36. The molecule has 1 aromatic rings. The second kappa shape index (κ2) is 3.30. The molecule has 0 unspecified atom stereocenters. The predicted molar refractivity (Wildman–Crippen MR) is 57.4 cm³/mol. The van der Waals surface area contributed by atoms with E-state index in [1.165, 1.54) is 25.7 Å². The lowest BCUT2D eigenvalue weighted by Crippen LogP contribution is -2.39. The SMILES string of the molecule is NC1(Cc2nncn2C2CC2)CCCC1.